The van der Waals surface area contributed by atoms with Crippen LogP contribution < -0.4 is 10.1 Å². The number of β-amino-alcohol motifs (C(OH)–C–C–N with tert-alkyl or cyclic N) is 1. The molecule has 4 rings (SSSR count). The number of urea groups is 1. The molecule has 0 unspecified atom stereocenters. The predicted octanol–water partition coefficient (Wildman–Crippen LogP) is 4.73. The number of alkyl halides is 4. The molecule has 3 heterocycles. The summed E-state index contributed by atoms with van der Waals surface area (Å²) in [6.07, 6.45) is -1.95. The number of hydrogen-bond donors (Lipinski definition) is 2. The highest BCUT2D eigenvalue weighted by Gasteiger charge is 2.62. The lowest BCUT2D eigenvalue weighted by Gasteiger charge is -2.47. The molecule has 2 fully saturated rings. The topological polar surface area (TPSA) is 98.2 Å². The average Bonchev–Trinajstić information content (AvgIpc) is 2.94. The molecule has 2 N–H and O–H groups in total. The molecule has 0 saturated carbocycles. The molecule has 0 radical (unpaired) electrons. The quantitative estimate of drug-likeness (QED) is 0.218. The fraction of sp³-hybridized carbons (Fsp3) is 0.536. The molecular weight excluding hydrogens is 725 g/mol. The van der Waals surface area contributed by atoms with Gasteiger partial charge in [-0.2, -0.15) is 13.2 Å². The van der Waals surface area contributed by atoms with E-state index in [2.05, 4.69) is 32.9 Å². The number of ether oxygens (including phenoxy) is 1. The lowest BCUT2D eigenvalue weighted by molar-refractivity contribution is -0.294. The Balaban J connectivity index is 1.44. The van der Waals surface area contributed by atoms with E-state index in [0.717, 1.165) is 10.6 Å². The second kappa shape index (κ2) is 13.9. The highest BCUT2D eigenvalue weighted by molar-refractivity contribution is 14.1. The molecule has 1 aromatic carbocycles. The predicted molar refractivity (Wildman–Crippen MR) is 165 cm³/mol. The van der Waals surface area contributed by atoms with Crippen molar-refractivity contribution in [2.75, 3.05) is 46.9 Å². The number of pyridine rings is 1. The summed E-state index contributed by atoms with van der Waals surface area (Å²) in [5, 5.41) is 13.0. The number of carbonyl (C=O) groups is 2. The van der Waals surface area contributed by atoms with Crippen LogP contribution in [0.25, 0.3) is 0 Å². The molecule has 15 heteroatoms. The number of likely N-dealkylation sites (tertiary alicyclic amines) is 2. The van der Waals surface area contributed by atoms with Gasteiger partial charge >= 0.3 is 12.2 Å². The summed E-state index contributed by atoms with van der Waals surface area (Å²) in [5.41, 5.74) is -1.61. The summed E-state index contributed by atoms with van der Waals surface area (Å²) >= 11 is 14.7. The zero-order chi connectivity index (χ0) is 31.5. The molecule has 2 aromatic rings. The maximum atomic E-state index is 13.7. The van der Waals surface area contributed by atoms with E-state index in [4.69, 9.17) is 27.9 Å². The standard InChI is InChI=1S/C28H33Cl2F3IN5O4/c1-37(2)23(34)14-43-22-4-3-9-35-24(22)17-7-10-38(11-8-17)25(40)21(12-18-5-6-19(29)13-20(18)30)36-26(41)39-15-27(42,16-39)28(31,32)33/h3-6,9,13,17,21,23,42H,7-8,10-12,14-16H2,1-2H3,(H,36,41)/t21-,23+/m1/s1. The molecule has 2 atom stereocenters. The van der Waals surface area contributed by atoms with Crippen LogP contribution >= 0.6 is 45.8 Å². The van der Waals surface area contributed by atoms with Crippen molar-refractivity contribution in [3.8, 4) is 5.75 Å². The lowest BCUT2D eigenvalue weighted by atomic mass is 9.91. The minimum absolute atomic E-state index is 0.000540. The van der Waals surface area contributed by atoms with Gasteiger partial charge in [0.1, 0.15) is 18.4 Å². The largest absolute Gasteiger partial charge is 0.489 e. The van der Waals surface area contributed by atoms with Gasteiger partial charge in [-0.15, -0.1) is 0 Å². The zero-order valence-electron chi connectivity index (χ0n) is 23.6. The summed E-state index contributed by atoms with van der Waals surface area (Å²) in [5.74, 6) is 0.361. The van der Waals surface area contributed by atoms with Crippen molar-refractivity contribution in [2.45, 2.75) is 47.0 Å². The van der Waals surface area contributed by atoms with Crippen molar-refractivity contribution in [3.05, 3.63) is 57.8 Å². The number of halogens is 6. The Kier molecular flexibility index (Phi) is 10.9. The van der Waals surface area contributed by atoms with Crippen LogP contribution in [-0.2, 0) is 11.2 Å². The Morgan fingerprint density at radius 2 is 1.88 bits per heavy atom. The van der Waals surface area contributed by atoms with E-state index >= 15 is 0 Å². The number of piperidine rings is 1. The summed E-state index contributed by atoms with van der Waals surface area (Å²) in [7, 11) is 3.94. The number of likely N-dealkylation sites (N-methyl/N-ethyl adjacent to an activating group) is 1. The number of hydrogen-bond acceptors (Lipinski definition) is 6. The van der Waals surface area contributed by atoms with Gasteiger partial charge in [0.05, 0.1) is 22.8 Å². The van der Waals surface area contributed by atoms with Crippen molar-refractivity contribution >= 4 is 57.7 Å². The molecule has 2 aliphatic rings. The van der Waals surface area contributed by atoms with Gasteiger partial charge in [-0.05, 0) is 56.8 Å². The highest BCUT2D eigenvalue weighted by Crippen LogP contribution is 2.38. The molecule has 0 spiro atoms. The van der Waals surface area contributed by atoms with E-state index < -0.39 is 36.9 Å². The van der Waals surface area contributed by atoms with Crippen LogP contribution in [0.2, 0.25) is 10.0 Å². The zero-order valence-corrected chi connectivity index (χ0v) is 27.3. The van der Waals surface area contributed by atoms with Gasteiger partial charge in [0.25, 0.3) is 0 Å². The first kappa shape index (κ1) is 33.8. The first-order chi connectivity index (χ1) is 20.2. The van der Waals surface area contributed by atoms with Crippen molar-refractivity contribution in [2.24, 2.45) is 0 Å². The summed E-state index contributed by atoms with van der Waals surface area (Å²) in [4.78, 5) is 35.7. The SMILES string of the molecule is CN(C)[C@H](I)COc1cccnc1C1CCN(C(=O)[C@@H](Cc2ccc(Cl)cc2Cl)NC(=O)N2CC(O)(C(F)(F)F)C2)CC1. The minimum atomic E-state index is -4.87. The average molecular weight is 758 g/mol. The van der Waals surface area contributed by atoms with E-state index in [1.165, 1.54) is 6.07 Å². The molecule has 43 heavy (non-hydrogen) atoms. The van der Waals surface area contributed by atoms with Crippen molar-refractivity contribution < 1.29 is 32.6 Å². The molecule has 2 saturated heterocycles. The Morgan fingerprint density at radius 1 is 1.21 bits per heavy atom. The number of rotatable bonds is 9. The van der Waals surface area contributed by atoms with Gasteiger partial charge in [0.2, 0.25) is 5.91 Å². The summed E-state index contributed by atoms with van der Waals surface area (Å²) < 4.78 is 45.5. The van der Waals surface area contributed by atoms with Crippen LogP contribution in [0, 0.1) is 0 Å². The Morgan fingerprint density at radius 3 is 2.49 bits per heavy atom. The number of aromatic nitrogens is 1. The Labute approximate surface area is 271 Å². The van der Waals surface area contributed by atoms with Gasteiger partial charge in [-0.25, -0.2) is 4.79 Å². The fourth-order valence-corrected chi connectivity index (χ4v) is 5.65. The van der Waals surface area contributed by atoms with E-state index in [9.17, 15) is 27.9 Å². The van der Waals surface area contributed by atoms with Gasteiger partial charge in [0.15, 0.2) is 5.60 Å². The first-order valence-electron chi connectivity index (χ1n) is 13.6. The van der Waals surface area contributed by atoms with Gasteiger partial charge in [-0.3, -0.25) is 14.7 Å². The smallest absolute Gasteiger partial charge is 0.420 e. The van der Waals surface area contributed by atoms with Crippen LogP contribution in [0.1, 0.15) is 30.0 Å². The van der Waals surface area contributed by atoms with E-state index in [1.54, 1.807) is 23.2 Å². The molecule has 1 aromatic heterocycles. The van der Waals surface area contributed by atoms with Gasteiger partial charge in [-0.1, -0.05) is 51.9 Å². The highest BCUT2D eigenvalue weighted by atomic mass is 127. The molecule has 236 valence electrons. The van der Waals surface area contributed by atoms with Crippen molar-refractivity contribution in [3.63, 3.8) is 0 Å². The number of nitrogens with zero attached hydrogens (tertiary/aromatic N) is 4. The van der Waals surface area contributed by atoms with Crippen LogP contribution in [0.4, 0.5) is 18.0 Å². The molecule has 0 bridgehead atoms. The van der Waals surface area contributed by atoms with E-state index in [0.29, 0.717) is 53.9 Å². The minimum Gasteiger partial charge on any atom is -0.489 e. The maximum Gasteiger partial charge on any atom is 0.420 e. The fourth-order valence-electron chi connectivity index (χ4n) is 4.99. The van der Waals surface area contributed by atoms with Crippen molar-refractivity contribution in [1.29, 1.82) is 0 Å². The molecular formula is C28H33Cl2F3IN5O4. The summed E-state index contributed by atoms with van der Waals surface area (Å²) in [6.45, 7) is -0.598. The Hall–Kier alpha value is -2.07. The lowest BCUT2D eigenvalue weighted by Crippen LogP contribution is -2.72. The molecule has 2 aliphatic heterocycles. The second-order valence-corrected chi connectivity index (χ2v) is 13.3. The van der Waals surface area contributed by atoms with Gasteiger partial charge in [0, 0.05) is 41.7 Å². The van der Waals surface area contributed by atoms with Crippen LogP contribution in [0.5, 0.6) is 5.75 Å². The third kappa shape index (κ3) is 8.16. The van der Waals surface area contributed by atoms with Gasteiger partial charge < -0.3 is 25.0 Å². The third-order valence-corrected chi connectivity index (χ3v) is 9.75. The normalized spacial score (nSPS) is 18.7. The monoisotopic (exact) mass is 757 g/mol. The number of aliphatic hydroxyl groups is 1. The first-order valence-corrected chi connectivity index (χ1v) is 15.6. The molecule has 3 amide bonds. The second-order valence-electron chi connectivity index (χ2n) is 11.0. The molecule has 9 nitrogen and oxygen atoms in total. The number of amides is 3. The number of benzene rings is 1. The van der Waals surface area contributed by atoms with Crippen LogP contribution in [-0.4, -0.2) is 105 Å². The van der Waals surface area contributed by atoms with Crippen molar-refractivity contribution in [1.82, 2.24) is 25.0 Å². The third-order valence-electron chi connectivity index (χ3n) is 7.68. The maximum absolute atomic E-state index is 13.7. The van der Waals surface area contributed by atoms with E-state index in [1.807, 2.05) is 31.1 Å². The Bertz CT molecular complexity index is 1310. The summed E-state index contributed by atoms with van der Waals surface area (Å²) in [6, 6.07) is 6.46. The van der Waals surface area contributed by atoms with Crippen LogP contribution in [0.15, 0.2) is 36.5 Å². The molecule has 0 aliphatic carbocycles. The number of carbonyl (C=O) groups excluding carboxylic acids is 2. The number of nitrogens with one attached hydrogen (secondary N) is 1. The van der Waals surface area contributed by atoms with E-state index in [-0.39, 0.29) is 22.3 Å². The van der Waals surface area contributed by atoms with Crippen LogP contribution in [0.3, 0.4) is 0 Å².